The zero-order valence-electron chi connectivity index (χ0n) is 21.4. The molecule has 0 spiro atoms. The van der Waals surface area contributed by atoms with E-state index in [4.69, 9.17) is 15.2 Å². The number of benzene rings is 2. The first-order valence-corrected chi connectivity index (χ1v) is 12.5. The molecule has 0 fully saturated rings. The fourth-order valence-electron chi connectivity index (χ4n) is 3.49. The number of carbonyl (C=O) groups is 2. The number of aliphatic carboxylic acids is 1. The molecule has 40 heavy (non-hydrogen) atoms. The van der Waals surface area contributed by atoms with Crippen molar-refractivity contribution >= 4 is 33.9 Å². The average molecular weight is 629 g/mol. The van der Waals surface area contributed by atoms with Gasteiger partial charge in [0.15, 0.2) is 0 Å². The third kappa shape index (κ3) is 8.53. The normalized spacial score (nSPS) is 13.3. The smallest absolute Gasteiger partial charge is 0.429 e. The molecule has 0 aliphatic heterocycles. The van der Waals surface area contributed by atoms with Crippen molar-refractivity contribution in [2.45, 2.75) is 51.1 Å². The maximum absolute atomic E-state index is 14.3. The molecule has 0 saturated heterocycles. The molecule has 2 atom stereocenters. The number of rotatable bonds is 8. The predicted molar refractivity (Wildman–Crippen MR) is 140 cm³/mol. The Morgan fingerprint density at radius 1 is 1.07 bits per heavy atom. The number of aromatic nitrogens is 2. The number of alkyl halides is 3. The number of nitrogen functional groups attached to an aromatic ring is 1. The quantitative estimate of drug-likeness (QED) is 0.265. The van der Waals surface area contributed by atoms with Crippen LogP contribution in [0.3, 0.4) is 0 Å². The van der Waals surface area contributed by atoms with Crippen LogP contribution in [-0.4, -0.2) is 45.0 Å². The van der Waals surface area contributed by atoms with Crippen molar-refractivity contribution in [1.29, 1.82) is 0 Å². The van der Waals surface area contributed by atoms with E-state index < -0.39 is 53.2 Å². The molecule has 14 heteroatoms. The van der Waals surface area contributed by atoms with E-state index in [2.05, 4.69) is 31.2 Å². The first-order valence-electron chi connectivity index (χ1n) is 11.7. The van der Waals surface area contributed by atoms with Crippen LogP contribution in [0.2, 0.25) is 0 Å². The number of hydrogen-bond donors (Lipinski definition) is 3. The summed E-state index contributed by atoms with van der Waals surface area (Å²) in [5, 5.41) is 11.8. The molecule has 0 aliphatic rings. The summed E-state index contributed by atoms with van der Waals surface area (Å²) in [7, 11) is 0. The number of carbonyl (C=O) groups excluding carboxylic acids is 1. The highest BCUT2D eigenvalue weighted by molar-refractivity contribution is 9.10. The van der Waals surface area contributed by atoms with Gasteiger partial charge in [0, 0.05) is 28.1 Å². The van der Waals surface area contributed by atoms with Gasteiger partial charge in [0.25, 0.3) is 0 Å². The van der Waals surface area contributed by atoms with Crippen molar-refractivity contribution in [3.63, 3.8) is 0 Å². The molecule has 1 heterocycles. The van der Waals surface area contributed by atoms with Gasteiger partial charge >= 0.3 is 18.2 Å². The number of nitrogens with two attached hydrogens (primary N) is 1. The summed E-state index contributed by atoms with van der Waals surface area (Å²) in [5.74, 6) is -3.33. The van der Waals surface area contributed by atoms with Crippen LogP contribution in [0.25, 0.3) is 11.3 Å². The highest BCUT2D eigenvalue weighted by atomic mass is 79.9. The van der Waals surface area contributed by atoms with Gasteiger partial charge in [-0.25, -0.2) is 19.0 Å². The molecule has 2 unspecified atom stereocenters. The number of nitrogens with one attached hydrogen (secondary N) is 1. The highest BCUT2D eigenvalue weighted by Gasteiger charge is 2.45. The molecule has 3 aromatic rings. The van der Waals surface area contributed by atoms with Gasteiger partial charge in [-0.3, -0.25) is 0 Å². The Morgan fingerprint density at radius 2 is 1.73 bits per heavy atom. The van der Waals surface area contributed by atoms with E-state index in [1.807, 2.05) is 0 Å². The molecule has 0 radical (unpaired) electrons. The third-order valence-electron chi connectivity index (χ3n) is 5.18. The number of ether oxygens (including phenoxy) is 2. The Hall–Kier alpha value is -3.94. The Morgan fingerprint density at radius 3 is 2.27 bits per heavy atom. The lowest BCUT2D eigenvalue weighted by Crippen LogP contribution is -2.44. The molecule has 0 bridgehead atoms. The number of anilines is 1. The van der Waals surface area contributed by atoms with E-state index in [0.29, 0.717) is 11.1 Å². The Kier molecular flexibility index (Phi) is 9.23. The molecular formula is C26H25BrF4N4O5. The van der Waals surface area contributed by atoms with Crippen LogP contribution in [0, 0.1) is 5.82 Å². The first kappa shape index (κ1) is 30.6. The molecule has 2 aromatic carbocycles. The van der Waals surface area contributed by atoms with Crippen LogP contribution < -0.4 is 15.8 Å². The molecule has 1 amide bonds. The Balaban J connectivity index is 1.82. The van der Waals surface area contributed by atoms with Gasteiger partial charge in [0.2, 0.25) is 17.9 Å². The molecule has 214 valence electrons. The lowest BCUT2D eigenvalue weighted by molar-refractivity contribution is -0.199. The maximum atomic E-state index is 14.3. The average Bonchev–Trinajstić information content (AvgIpc) is 2.81. The van der Waals surface area contributed by atoms with Crippen molar-refractivity contribution in [2.75, 3.05) is 5.73 Å². The van der Waals surface area contributed by atoms with Crippen molar-refractivity contribution in [3.8, 4) is 17.1 Å². The van der Waals surface area contributed by atoms with Crippen LogP contribution in [-0.2, 0) is 16.0 Å². The molecular weight excluding hydrogens is 604 g/mol. The van der Waals surface area contributed by atoms with Crippen molar-refractivity contribution in [1.82, 2.24) is 15.3 Å². The van der Waals surface area contributed by atoms with Gasteiger partial charge in [-0.05, 0) is 38.5 Å². The Labute approximate surface area is 234 Å². The fraction of sp³-hybridized carbons (Fsp3) is 0.308. The third-order valence-corrected chi connectivity index (χ3v) is 5.67. The number of hydrogen-bond acceptors (Lipinski definition) is 7. The summed E-state index contributed by atoms with van der Waals surface area (Å²) in [4.78, 5) is 31.4. The minimum atomic E-state index is -4.98. The molecule has 3 rings (SSSR count). The summed E-state index contributed by atoms with van der Waals surface area (Å²) < 4.78 is 66.2. The molecule has 1 aromatic heterocycles. The van der Waals surface area contributed by atoms with Gasteiger partial charge < -0.3 is 25.6 Å². The monoisotopic (exact) mass is 628 g/mol. The summed E-state index contributed by atoms with van der Waals surface area (Å²) >= 11 is 3.00. The fourth-order valence-corrected chi connectivity index (χ4v) is 3.82. The summed E-state index contributed by atoms with van der Waals surface area (Å²) in [6.45, 7) is 4.92. The zero-order valence-corrected chi connectivity index (χ0v) is 23.0. The van der Waals surface area contributed by atoms with Crippen LogP contribution in [0.1, 0.15) is 38.0 Å². The first-order chi connectivity index (χ1) is 18.5. The molecule has 0 aliphatic carbocycles. The number of amides is 1. The second kappa shape index (κ2) is 12.1. The molecule has 4 N–H and O–H groups in total. The summed E-state index contributed by atoms with van der Waals surface area (Å²) in [6.07, 6.45) is -8.62. The zero-order chi connectivity index (χ0) is 29.8. The van der Waals surface area contributed by atoms with Gasteiger partial charge in [0.1, 0.15) is 17.5 Å². The minimum Gasteiger partial charge on any atom is -0.480 e. The van der Waals surface area contributed by atoms with Crippen LogP contribution in [0.5, 0.6) is 5.88 Å². The van der Waals surface area contributed by atoms with Gasteiger partial charge in [0.05, 0.1) is 5.69 Å². The topological polar surface area (TPSA) is 137 Å². The maximum Gasteiger partial charge on any atom is 0.429 e. The van der Waals surface area contributed by atoms with E-state index in [0.717, 1.165) is 18.2 Å². The van der Waals surface area contributed by atoms with Gasteiger partial charge in [-0.2, -0.15) is 18.2 Å². The minimum absolute atomic E-state index is 0.0822. The van der Waals surface area contributed by atoms with Crippen LogP contribution >= 0.6 is 15.9 Å². The van der Waals surface area contributed by atoms with Crippen molar-refractivity contribution in [3.05, 3.63) is 69.9 Å². The van der Waals surface area contributed by atoms with Crippen molar-refractivity contribution < 1.29 is 41.7 Å². The number of halogens is 5. The van der Waals surface area contributed by atoms with Gasteiger partial charge in [-0.1, -0.05) is 46.3 Å². The second-order valence-electron chi connectivity index (χ2n) is 9.59. The number of alkyl carbamates (subject to hydrolysis) is 1. The van der Waals surface area contributed by atoms with E-state index in [1.165, 1.54) is 18.2 Å². The Bertz CT molecular complexity index is 1380. The van der Waals surface area contributed by atoms with E-state index in [9.17, 15) is 32.3 Å². The lowest BCUT2D eigenvalue weighted by atomic mass is 10.0. The standard InChI is InChI=1S/C26H25BrF4N4O5/c1-25(2,3)40-24(38)34-19(22(36)37)10-13-4-6-14(7-5-13)18-12-20(35-23(32)33-18)39-21(26(29,30)31)16-9-8-15(27)11-17(16)28/h4-9,11-12,19,21H,10H2,1-3H3,(H,34,38)(H,36,37)(H2,32,33,35). The second-order valence-corrected chi connectivity index (χ2v) is 10.5. The van der Waals surface area contributed by atoms with Crippen molar-refractivity contribution in [2.24, 2.45) is 0 Å². The highest BCUT2D eigenvalue weighted by Crippen LogP contribution is 2.38. The largest absolute Gasteiger partial charge is 0.480 e. The number of carboxylic acids is 1. The van der Waals surface area contributed by atoms with Crippen LogP contribution in [0.15, 0.2) is 53.0 Å². The predicted octanol–water partition coefficient (Wildman–Crippen LogP) is 5.83. The van der Waals surface area contributed by atoms with E-state index >= 15 is 0 Å². The van der Waals surface area contributed by atoms with E-state index in [-0.39, 0.29) is 22.5 Å². The number of carboxylic acid groups (broad SMARTS) is 1. The molecule has 9 nitrogen and oxygen atoms in total. The summed E-state index contributed by atoms with van der Waals surface area (Å²) in [6, 6.07) is 9.08. The molecule has 0 saturated carbocycles. The SMILES string of the molecule is CC(C)(C)OC(=O)NC(Cc1ccc(-c2cc(OC(c3ccc(Br)cc3F)C(F)(F)F)nc(N)n2)cc1)C(=O)O. The van der Waals surface area contributed by atoms with E-state index in [1.54, 1.807) is 32.9 Å². The van der Waals surface area contributed by atoms with Crippen LogP contribution in [0.4, 0.5) is 28.3 Å². The number of nitrogens with zero attached hydrogens (tertiary/aromatic N) is 2. The lowest BCUT2D eigenvalue weighted by Gasteiger charge is -2.22. The van der Waals surface area contributed by atoms with Gasteiger partial charge in [-0.15, -0.1) is 0 Å². The summed E-state index contributed by atoms with van der Waals surface area (Å²) in [5.41, 5.74) is 5.17.